The minimum Gasteiger partial charge on any atom is -0.466 e. The molecule has 0 aromatic carbocycles. The Kier molecular flexibility index (Phi) is 5.28. The summed E-state index contributed by atoms with van der Waals surface area (Å²) in [7, 11) is 0. The van der Waals surface area contributed by atoms with Crippen molar-refractivity contribution in [1.82, 2.24) is 4.98 Å². The van der Waals surface area contributed by atoms with Gasteiger partial charge in [0.1, 0.15) is 0 Å². The molecule has 0 saturated carbocycles. The Balaban J connectivity index is 3.02. The third-order valence-corrected chi connectivity index (χ3v) is 2.40. The molecule has 0 unspecified atom stereocenters. The number of ether oxygens (including phenoxy) is 1. The van der Waals surface area contributed by atoms with Crippen LogP contribution in [-0.4, -0.2) is 17.6 Å². The van der Waals surface area contributed by atoms with Crippen LogP contribution in [0.3, 0.4) is 0 Å². The zero-order valence-corrected chi connectivity index (χ0v) is 10.0. The number of carbonyl (C=O) groups excluding carboxylic acids is 1. The van der Waals surface area contributed by atoms with Crippen molar-refractivity contribution in [3.8, 4) is 0 Å². The summed E-state index contributed by atoms with van der Waals surface area (Å²) < 4.78 is 30.4. The summed E-state index contributed by atoms with van der Waals surface area (Å²) in [6.07, 6.45) is -1.54. The smallest absolute Gasteiger partial charge is 0.310 e. The number of alkyl halides is 3. The third-order valence-electron chi connectivity index (χ3n) is 2.15. The number of halogens is 3. The lowest BCUT2D eigenvalue weighted by atomic mass is 10.0. The summed E-state index contributed by atoms with van der Waals surface area (Å²) in [4.78, 5) is 15.0. The van der Waals surface area contributed by atoms with Crippen molar-refractivity contribution in [1.29, 1.82) is 0 Å². The highest BCUT2D eigenvalue weighted by Crippen LogP contribution is 2.27. The second-order valence-electron chi connectivity index (χ2n) is 3.25. The Hall–Kier alpha value is -1.23. The van der Waals surface area contributed by atoms with Gasteiger partial charge in [0.2, 0.25) is 0 Å². The van der Waals surface area contributed by atoms with E-state index >= 15 is 0 Å². The van der Waals surface area contributed by atoms with E-state index in [1.807, 2.05) is 0 Å². The first-order chi connectivity index (χ1) is 8.10. The predicted octanol–water partition coefficient (Wildman–Crippen LogP) is 2.86. The minimum absolute atomic E-state index is 0.100. The number of nitrogens with zero attached hydrogens (tertiary/aromatic N) is 1. The highest BCUT2D eigenvalue weighted by molar-refractivity contribution is 6.17. The molecule has 0 spiro atoms. The summed E-state index contributed by atoms with van der Waals surface area (Å²) in [6.45, 7) is 1.87. The van der Waals surface area contributed by atoms with E-state index in [1.54, 1.807) is 6.92 Å². The quantitative estimate of drug-likeness (QED) is 0.606. The fraction of sp³-hybridized carbons (Fsp3) is 0.455. The van der Waals surface area contributed by atoms with Gasteiger partial charge in [-0.25, -0.2) is 8.78 Å². The van der Waals surface area contributed by atoms with Crippen LogP contribution in [0.15, 0.2) is 12.3 Å². The maximum atomic E-state index is 12.9. The van der Waals surface area contributed by atoms with Gasteiger partial charge >= 0.3 is 5.97 Å². The van der Waals surface area contributed by atoms with Crippen LogP contribution in [-0.2, 0) is 21.8 Å². The molecule has 0 saturated heterocycles. The Morgan fingerprint density at radius 2 is 2.29 bits per heavy atom. The van der Waals surface area contributed by atoms with Crippen LogP contribution in [0.4, 0.5) is 8.78 Å². The summed E-state index contributed by atoms with van der Waals surface area (Å²) in [5, 5.41) is 0. The van der Waals surface area contributed by atoms with Crippen LogP contribution >= 0.6 is 11.6 Å². The van der Waals surface area contributed by atoms with Gasteiger partial charge in [0, 0.05) is 11.8 Å². The molecule has 1 heterocycles. The van der Waals surface area contributed by atoms with Crippen molar-refractivity contribution < 1.29 is 18.3 Å². The summed E-state index contributed by atoms with van der Waals surface area (Å²) in [6, 6.07) is 1.38. The standard InChI is InChI=1S/C11H12ClF2NO2/c1-2-17-9(16)5-7-3-4-15-8(6-12)10(7)11(13)14/h3-4,11H,2,5-6H2,1H3. The molecule has 0 aliphatic carbocycles. The fourth-order valence-corrected chi connectivity index (χ4v) is 1.67. The van der Waals surface area contributed by atoms with E-state index in [2.05, 4.69) is 4.98 Å². The number of esters is 1. The number of aromatic nitrogens is 1. The molecule has 1 aromatic rings. The summed E-state index contributed by atoms with van der Waals surface area (Å²) >= 11 is 5.53. The van der Waals surface area contributed by atoms with E-state index in [0.29, 0.717) is 0 Å². The average Bonchev–Trinajstić information content (AvgIpc) is 2.28. The second kappa shape index (κ2) is 6.49. The number of rotatable bonds is 5. The van der Waals surface area contributed by atoms with Gasteiger partial charge < -0.3 is 4.74 Å². The summed E-state index contributed by atoms with van der Waals surface area (Å²) in [5.41, 5.74) is 0.0446. The van der Waals surface area contributed by atoms with Crippen LogP contribution in [0.5, 0.6) is 0 Å². The van der Waals surface area contributed by atoms with E-state index in [4.69, 9.17) is 16.3 Å². The minimum atomic E-state index is -2.71. The molecule has 0 amide bonds. The number of hydrogen-bond acceptors (Lipinski definition) is 3. The van der Waals surface area contributed by atoms with Gasteiger partial charge in [-0.2, -0.15) is 0 Å². The third kappa shape index (κ3) is 3.63. The van der Waals surface area contributed by atoms with E-state index in [1.165, 1.54) is 12.3 Å². The van der Waals surface area contributed by atoms with Gasteiger partial charge in [0.25, 0.3) is 6.43 Å². The lowest BCUT2D eigenvalue weighted by molar-refractivity contribution is -0.142. The highest BCUT2D eigenvalue weighted by atomic mass is 35.5. The van der Waals surface area contributed by atoms with Gasteiger partial charge in [-0.1, -0.05) is 0 Å². The van der Waals surface area contributed by atoms with Crippen molar-refractivity contribution in [3.05, 3.63) is 29.1 Å². The first-order valence-corrected chi connectivity index (χ1v) is 5.60. The molecular weight excluding hydrogens is 252 g/mol. The molecule has 0 aliphatic rings. The molecule has 0 bridgehead atoms. The summed E-state index contributed by atoms with van der Waals surface area (Å²) in [5.74, 6) is -0.655. The van der Waals surface area contributed by atoms with Crippen molar-refractivity contribution in [2.24, 2.45) is 0 Å². The van der Waals surface area contributed by atoms with Crippen molar-refractivity contribution >= 4 is 17.6 Å². The van der Waals surface area contributed by atoms with E-state index in [9.17, 15) is 13.6 Å². The van der Waals surface area contributed by atoms with E-state index < -0.39 is 12.4 Å². The Bertz CT molecular complexity index is 399. The molecule has 0 aliphatic heterocycles. The van der Waals surface area contributed by atoms with Crippen LogP contribution in [0.2, 0.25) is 0 Å². The molecule has 0 atom stereocenters. The van der Waals surface area contributed by atoms with E-state index in [-0.39, 0.29) is 35.7 Å². The molecule has 17 heavy (non-hydrogen) atoms. The zero-order valence-electron chi connectivity index (χ0n) is 9.25. The fourth-order valence-electron chi connectivity index (χ4n) is 1.46. The molecular formula is C11H12ClF2NO2. The van der Waals surface area contributed by atoms with Gasteiger partial charge in [-0.15, -0.1) is 11.6 Å². The van der Waals surface area contributed by atoms with Gasteiger partial charge in [-0.05, 0) is 18.6 Å². The largest absolute Gasteiger partial charge is 0.466 e. The Morgan fingerprint density at radius 3 is 2.82 bits per heavy atom. The maximum Gasteiger partial charge on any atom is 0.310 e. The topological polar surface area (TPSA) is 39.2 Å². The lowest BCUT2D eigenvalue weighted by Gasteiger charge is -2.11. The molecule has 6 heteroatoms. The molecule has 1 rings (SSSR count). The van der Waals surface area contributed by atoms with Crippen LogP contribution in [0.1, 0.15) is 30.2 Å². The Labute approximate surface area is 103 Å². The number of hydrogen-bond donors (Lipinski definition) is 0. The van der Waals surface area contributed by atoms with Gasteiger partial charge in [0.05, 0.1) is 24.6 Å². The highest BCUT2D eigenvalue weighted by Gasteiger charge is 2.20. The zero-order chi connectivity index (χ0) is 12.8. The molecule has 0 fully saturated rings. The first-order valence-electron chi connectivity index (χ1n) is 5.06. The molecule has 1 aromatic heterocycles. The SMILES string of the molecule is CCOC(=O)Cc1ccnc(CCl)c1C(F)F. The number of pyridine rings is 1. The van der Waals surface area contributed by atoms with Crippen molar-refractivity contribution in [2.75, 3.05) is 6.61 Å². The Morgan fingerprint density at radius 1 is 1.59 bits per heavy atom. The van der Waals surface area contributed by atoms with Crippen molar-refractivity contribution in [3.63, 3.8) is 0 Å². The van der Waals surface area contributed by atoms with Crippen LogP contribution in [0, 0.1) is 0 Å². The molecule has 3 nitrogen and oxygen atoms in total. The second-order valence-corrected chi connectivity index (χ2v) is 3.51. The number of carbonyl (C=O) groups is 1. The van der Waals surface area contributed by atoms with Crippen LogP contribution < -0.4 is 0 Å². The lowest BCUT2D eigenvalue weighted by Crippen LogP contribution is -2.11. The predicted molar refractivity (Wildman–Crippen MR) is 59.1 cm³/mol. The van der Waals surface area contributed by atoms with Gasteiger partial charge in [-0.3, -0.25) is 9.78 Å². The maximum absolute atomic E-state index is 12.9. The normalized spacial score (nSPS) is 10.6. The van der Waals surface area contributed by atoms with E-state index in [0.717, 1.165) is 0 Å². The molecule has 0 radical (unpaired) electrons. The monoisotopic (exact) mass is 263 g/mol. The average molecular weight is 264 g/mol. The first kappa shape index (κ1) is 13.8. The van der Waals surface area contributed by atoms with Gasteiger partial charge in [0.15, 0.2) is 0 Å². The molecule has 94 valence electrons. The molecule has 0 N–H and O–H groups in total. The van der Waals surface area contributed by atoms with Crippen molar-refractivity contribution in [2.45, 2.75) is 25.7 Å². The van der Waals surface area contributed by atoms with Crippen LogP contribution in [0.25, 0.3) is 0 Å².